The lowest BCUT2D eigenvalue weighted by Crippen LogP contribution is -2.17. The Hall–Kier alpha value is -1.96. The van der Waals surface area contributed by atoms with E-state index in [9.17, 15) is 0 Å². The Morgan fingerprint density at radius 2 is 1.52 bits per heavy atom. The van der Waals surface area contributed by atoms with Crippen LogP contribution in [0.3, 0.4) is 0 Å². The summed E-state index contributed by atoms with van der Waals surface area (Å²) in [6.07, 6.45) is 2.65. The quantitative estimate of drug-likeness (QED) is 0.886. The van der Waals surface area contributed by atoms with Crippen LogP contribution in [0.5, 0.6) is 0 Å². The summed E-state index contributed by atoms with van der Waals surface area (Å²) < 4.78 is 0. The molecule has 1 aliphatic heterocycles. The molecule has 0 amide bonds. The van der Waals surface area contributed by atoms with Crippen LogP contribution in [0.1, 0.15) is 29.5 Å². The second-order valence-corrected chi connectivity index (χ2v) is 6.09. The maximum Gasteiger partial charge on any atom is 0.0400 e. The molecule has 110 valence electrons. The van der Waals surface area contributed by atoms with Gasteiger partial charge in [-0.15, -0.1) is 0 Å². The van der Waals surface area contributed by atoms with Crippen LogP contribution in [0.2, 0.25) is 0 Å². The van der Waals surface area contributed by atoms with Gasteiger partial charge < -0.3 is 10.2 Å². The maximum absolute atomic E-state index is 3.51. The Kier molecular flexibility index (Phi) is 4.14. The summed E-state index contributed by atoms with van der Waals surface area (Å²) in [6.45, 7) is 7.60. The van der Waals surface area contributed by atoms with E-state index in [0.717, 1.165) is 6.54 Å². The van der Waals surface area contributed by atoms with Crippen molar-refractivity contribution in [3.05, 3.63) is 59.2 Å². The molecule has 21 heavy (non-hydrogen) atoms. The van der Waals surface area contributed by atoms with Crippen molar-refractivity contribution in [3.63, 3.8) is 0 Å². The van der Waals surface area contributed by atoms with Crippen LogP contribution in [-0.4, -0.2) is 13.1 Å². The minimum atomic E-state index is 0.881. The summed E-state index contributed by atoms with van der Waals surface area (Å²) in [5.74, 6) is 0. The van der Waals surface area contributed by atoms with Gasteiger partial charge in [-0.2, -0.15) is 0 Å². The minimum absolute atomic E-state index is 0.881. The zero-order valence-corrected chi connectivity index (χ0v) is 13.0. The minimum Gasteiger partial charge on any atom is -0.381 e. The molecule has 1 heterocycles. The number of nitrogens with zero attached hydrogens (tertiary/aromatic N) is 1. The van der Waals surface area contributed by atoms with Crippen LogP contribution in [0.15, 0.2) is 42.5 Å². The zero-order chi connectivity index (χ0) is 14.7. The highest BCUT2D eigenvalue weighted by molar-refractivity contribution is 5.55. The summed E-state index contributed by atoms with van der Waals surface area (Å²) in [5.41, 5.74) is 6.55. The SMILES string of the molecule is Cc1cc(C)cc(CNc2ccc(N3CCCC3)cc2)c1. The van der Waals surface area contributed by atoms with Crippen LogP contribution >= 0.6 is 0 Å². The van der Waals surface area contributed by atoms with Gasteiger partial charge in [-0.3, -0.25) is 0 Å². The molecule has 0 bridgehead atoms. The highest BCUT2D eigenvalue weighted by Gasteiger charge is 2.11. The molecular weight excluding hydrogens is 256 g/mol. The largest absolute Gasteiger partial charge is 0.381 e. The maximum atomic E-state index is 3.51. The number of hydrogen-bond donors (Lipinski definition) is 1. The van der Waals surface area contributed by atoms with Crippen molar-refractivity contribution in [2.75, 3.05) is 23.3 Å². The predicted molar refractivity (Wildman–Crippen MR) is 91.1 cm³/mol. The van der Waals surface area contributed by atoms with E-state index in [4.69, 9.17) is 0 Å². The number of benzene rings is 2. The standard InChI is InChI=1S/C19H24N2/c1-15-11-16(2)13-17(12-15)14-20-18-5-7-19(8-6-18)21-9-3-4-10-21/h5-8,11-13,20H,3-4,9-10,14H2,1-2H3. The van der Waals surface area contributed by atoms with Gasteiger partial charge in [0.15, 0.2) is 0 Å². The summed E-state index contributed by atoms with van der Waals surface area (Å²) in [6, 6.07) is 15.6. The molecule has 0 saturated carbocycles. The number of anilines is 2. The molecule has 0 spiro atoms. The third kappa shape index (κ3) is 3.57. The smallest absolute Gasteiger partial charge is 0.0400 e. The number of nitrogens with one attached hydrogen (secondary N) is 1. The molecule has 0 unspecified atom stereocenters. The van der Waals surface area contributed by atoms with Crippen LogP contribution in [-0.2, 0) is 6.54 Å². The molecule has 0 radical (unpaired) electrons. The molecular formula is C19H24N2. The second kappa shape index (κ2) is 6.21. The summed E-state index contributed by atoms with van der Waals surface area (Å²) >= 11 is 0. The molecule has 0 aromatic heterocycles. The van der Waals surface area contributed by atoms with E-state index in [0.29, 0.717) is 0 Å². The zero-order valence-electron chi connectivity index (χ0n) is 13.0. The Morgan fingerprint density at radius 3 is 2.14 bits per heavy atom. The molecule has 2 aromatic carbocycles. The average molecular weight is 280 g/mol. The van der Waals surface area contributed by atoms with Crippen molar-refractivity contribution in [2.24, 2.45) is 0 Å². The lowest BCUT2D eigenvalue weighted by Gasteiger charge is -2.18. The third-order valence-electron chi connectivity index (χ3n) is 4.12. The van der Waals surface area contributed by atoms with Gasteiger partial charge in [-0.05, 0) is 56.5 Å². The summed E-state index contributed by atoms with van der Waals surface area (Å²) in [5, 5.41) is 3.51. The van der Waals surface area contributed by atoms with Gasteiger partial charge in [0, 0.05) is 31.0 Å². The van der Waals surface area contributed by atoms with Gasteiger partial charge in [0.25, 0.3) is 0 Å². The second-order valence-electron chi connectivity index (χ2n) is 6.09. The van der Waals surface area contributed by atoms with Gasteiger partial charge >= 0.3 is 0 Å². The number of aryl methyl sites for hydroxylation is 2. The first-order valence-corrected chi connectivity index (χ1v) is 7.87. The summed E-state index contributed by atoms with van der Waals surface area (Å²) in [4.78, 5) is 2.47. The fourth-order valence-electron chi connectivity index (χ4n) is 3.14. The molecule has 0 atom stereocenters. The molecule has 2 heteroatoms. The Labute approximate surface area is 127 Å². The Balaban J connectivity index is 1.62. The van der Waals surface area contributed by atoms with Crippen molar-refractivity contribution < 1.29 is 0 Å². The molecule has 1 saturated heterocycles. The fourth-order valence-corrected chi connectivity index (χ4v) is 3.14. The highest BCUT2D eigenvalue weighted by Crippen LogP contribution is 2.22. The molecule has 1 fully saturated rings. The lowest BCUT2D eigenvalue weighted by molar-refractivity contribution is 0.949. The Bertz CT molecular complexity index is 575. The van der Waals surface area contributed by atoms with Gasteiger partial charge in [0.05, 0.1) is 0 Å². The molecule has 1 N–H and O–H groups in total. The van der Waals surface area contributed by atoms with Gasteiger partial charge in [0.2, 0.25) is 0 Å². The first kappa shape index (κ1) is 14.0. The topological polar surface area (TPSA) is 15.3 Å². The van der Waals surface area contributed by atoms with Gasteiger partial charge in [0.1, 0.15) is 0 Å². The van der Waals surface area contributed by atoms with E-state index in [1.54, 1.807) is 0 Å². The molecule has 0 aliphatic carbocycles. The predicted octanol–water partition coefficient (Wildman–Crippen LogP) is 4.52. The first-order chi connectivity index (χ1) is 10.2. The summed E-state index contributed by atoms with van der Waals surface area (Å²) in [7, 11) is 0. The van der Waals surface area contributed by atoms with Crippen LogP contribution in [0, 0.1) is 13.8 Å². The van der Waals surface area contributed by atoms with Crippen LogP contribution < -0.4 is 10.2 Å². The van der Waals surface area contributed by atoms with E-state index in [-0.39, 0.29) is 0 Å². The van der Waals surface area contributed by atoms with Crippen molar-refractivity contribution in [3.8, 4) is 0 Å². The average Bonchev–Trinajstić information content (AvgIpc) is 2.99. The molecule has 1 aliphatic rings. The van der Waals surface area contributed by atoms with E-state index >= 15 is 0 Å². The van der Waals surface area contributed by atoms with Crippen molar-refractivity contribution in [1.29, 1.82) is 0 Å². The van der Waals surface area contributed by atoms with Crippen molar-refractivity contribution in [2.45, 2.75) is 33.2 Å². The van der Waals surface area contributed by atoms with E-state index in [2.05, 4.69) is 66.5 Å². The van der Waals surface area contributed by atoms with Crippen molar-refractivity contribution >= 4 is 11.4 Å². The van der Waals surface area contributed by atoms with Gasteiger partial charge in [-0.1, -0.05) is 29.3 Å². The molecule has 3 rings (SSSR count). The van der Waals surface area contributed by atoms with E-state index < -0.39 is 0 Å². The van der Waals surface area contributed by atoms with Crippen LogP contribution in [0.4, 0.5) is 11.4 Å². The van der Waals surface area contributed by atoms with E-state index in [1.165, 1.54) is 54.0 Å². The lowest BCUT2D eigenvalue weighted by atomic mass is 10.1. The molecule has 2 nitrogen and oxygen atoms in total. The first-order valence-electron chi connectivity index (χ1n) is 7.87. The fraction of sp³-hybridized carbons (Fsp3) is 0.368. The van der Waals surface area contributed by atoms with Crippen molar-refractivity contribution in [1.82, 2.24) is 0 Å². The molecule has 2 aromatic rings. The number of hydrogen-bond acceptors (Lipinski definition) is 2. The van der Waals surface area contributed by atoms with E-state index in [1.807, 2.05) is 0 Å². The van der Waals surface area contributed by atoms with Crippen LogP contribution in [0.25, 0.3) is 0 Å². The number of rotatable bonds is 4. The third-order valence-corrected chi connectivity index (χ3v) is 4.12. The normalized spacial score (nSPS) is 14.5. The van der Waals surface area contributed by atoms with Gasteiger partial charge in [-0.25, -0.2) is 0 Å². The monoisotopic (exact) mass is 280 g/mol. The highest BCUT2D eigenvalue weighted by atomic mass is 15.1. The Morgan fingerprint density at radius 1 is 0.905 bits per heavy atom.